The maximum absolute atomic E-state index is 16.0. The highest BCUT2D eigenvalue weighted by molar-refractivity contribution is 6.30. The number of benzene rings is 1. The SMILES string of the molecule is CCCc1c(NC2CN(C(=O)/C(N)=C/C=C\NC)C2)ncc2c1[C@@](C)(c1cccc(Cl)c1F)CN(c1ccc([C@@H]3COCCN3)cn1)C2=O. The van der Waals surface area contributed by atoms with E-state index in [0.29, 0.717) is 61.1 Å². The van der Waals surface area contributed by atoms with Gasteiger partial charge >= 0.3 is 0 Å². The van der Waals surface area contributed by atoms with Crippen LogP contribution in [0.15, 0.2) is 66.8 Å². The van der Waals surface area contributed by atoms with Gasteiger partial charge in [0.25, 0.3) is 11.8 Å². The van der Waals surface area contributed by atoms with E-state index in [-0.39, 0.29) is 41.2 Å². The van der Waals surface area contributed by atoms with Crippen molar-refractivity contribution >= 4 is 35.1 Å². The molecule has 2 fully saturated rings. The van der Waals surface area contributed by atoms with Crippen LogP contribution < -0.4 is 26.6 Å². The van der Waals surface area contributed by atoms with Gasteiger partial charge in [0.05, 0.1) is 41.6 Å². The van der Waals surface area contributed by atoms with Gasteiger partial charge < -0.3 is 31.3 Å². The summed E-state index contributed by atoms with van der Waals surface area (Å²) >= 11 is 6.36. The number of hydrogen-bond acceptors (Lipinski definition) is 9. The molecule has 5 N–H and O–H groups in total. The first-order valence-electron chi connectivity index (χ1n) is 16.6. The number of carbonyl (C=O) groups excluding carboxylic acids is 2. The molecule has 11 nitrogen and oxygen atoms in total. The number of pyridine rings is 2. The number of likely N-dealkylation sites (tertiary alicyclic amines) is 1. The summed E-state index contributed by atoms with van der Waals surface area (Å²) in [6.07, 6.45) is 9.60. The molecule has 2 saturated heterocycles. The van der Waals surface area contributed by atoms with Crippen LogP contribution in [0.5, 0.6) is 0 Å². The smallest absolute Gasteiger partial charge is 0.269 e. The number of nitrogens with zero attached hydrogens (tertiary/aromatic N) is 4. The maximum atomic E-state index is 16.0. The van der Waals surface area contributed by atoms with Crippen LogP contribution in [0.2, 0.25) is 5.02 Å². The number of nitrogens with two attached hydrogens (primary N) is 1. The molecule has 0 saturated carbocycles. The van der Waals surface area contributed by atoms with E-state index in [4.69, 9.17) is 32.0 Å². The van der Waals surface area contributed by atoms with Crippen LogP contribution in [0.25, 0.3) is 0 Å². The summed E-state index contributed by atoms with van der Waals surface area (Å²) in [5.41, 5.74) is 8.40. The number of morpholine rings is 1. The molecule has 13 heteroatoms. The zero-order chi connectivity index (χ0) is 34.7. The summed E-state index contributed by atoms with van der Waals surface area (Å²) in [4.78, 5) is 39.8. The van der Waals surface area contributed by atoms with Gasteiger partial charge in [0.1, 0.15) is 17.5 Å². The largest absolute Gasteiger partial charge is 0.394 e. The first-order chi connectivity index (χ1) is 23.7. The van der Waals surface area contributed by atoms with Crippen LogP contribution in [-0.4, -0.2) is 79.2 Å². The van der Waals surface area contributed by atoms with Gasteiger partial charge in [-0.05, 0) is 60.5 Å². The van der Waals surface area contributed by atoms with Gasteiger partial charge in [-0.2, -0.15) is 0 Å². The highest BCUT2D eigenvalue weighted by atomic mass is 35.5. The van der Waals surface area contributed by atoms with E-state index in [1.165, 1.54) is 6.07 Å². The molecule has 2 aromatic heterocycles. The summed E-state index contributed by atoms with van der Waals surface area (Å²) < 4.78 is 21.6. The summed E-state index contributed by atoms with van der Waals surface area (Å²) in [7, 11) is 1.76. The molecular formula is C36H42ClFN8O3. The average Bonchev–Trinajstić information content (AvgIpc) is 3.09. The number of fused-ring (bicyclic) bond motifs is 1. The van der Waals surface area contributed by atoms with Gasteiger partial charge in [-0.15, -0.1) is 0 Å². The Morgan fingerprint density at radius 3 is 2.76 bits per heavy atom. The van der Waals surface area contributed by atoms with Crippen molar-refractivity contribution < 1.29 is 18.7 Å². The second-order valence-electron chi connectivity index (χ2n) is 12.8. The van der Waals surface area contributed by atoms with Crippen molar-refractivity contribution in [2.45, 2.75) is 44.2 Å². The lowest BCUT2D eigenvalue weighted by Gasteiger charge is -2.44. The number of carbonyl (C=O) groups is 2. The molecule has 0 aliphatic carbocycles. The van der Waals surface area contributed by atoms with Crippen LogP contribution in [0.3, 0.4) is 0 Å². The molecule has 6 rings (SSSR count). The van der Waals surface area contributed by atoms with Gasteiger partial charge in [-0.1, -0.05) is 43.1 Å². The Morgan fingerprint density at radius 1 is 1.24 bits per heavy atom. The average molecular weight is 689 g/mol. The molecule has 258 valence electrons. The highest BCUT2D eigenvalue weighted by Gasteiger charge is 2.46. The molecule has 3 aliphatic heterocycles. The topological polar surface area (TPSA) is 138 Å². The molecule has 0 spiro atoms. The number of aromatic nitrogens is 2. The molecule has 2 atom stereocenters. The number of allylic oxidation sites excluding steroid dienone is 2. The van der Waals surface area contributed by atoms with E-state index in [2.05, 4.69) is 22.9 Å². The third-order valence-corrected chi connectivity index (χ3v) is 9.69. The molecule has 3 aromatic rings. The molecule has 49 heavy (non-hydrogen) atoms. The van der Waals surface area contributed by atoms with E-state index in [0.717, 1.165) is 24.1 Å². The van der Waals surface area contributed by atoms with E-state index < -0.39 is 11.2 Å². The van der Waals surface area contributed by atoms with Crippen LogP contribution in [0.4, 0.5) is 16.0 Å². The minimum Gasteiger partial charge on any atom is -0.394 e. The Kier molecular flexibility index (Phi) is 10.2. The van der Waals surface area contributed by atoms with Crippen molar-refractivity contribution in [3.8, 4) is 0 Å². The summed E-state index contributed by atoms with van der Waals surface area (Å²) in [6, 6.07) is 8.68. The van der Waals surface area contributed by atoms with Crippen LogP contribution in [-0.2, 0) is 21.4 Å². The zero-order valence-corrected chi connectivity index (χ0v) is 28.7. The summed E-state index contributed by atoms with van der Waals surface area (Å²) in [5, 5.41) is 9.79. The number of amides is 2. The maximum Gasteiger partial charge on any atom is 0.269 e. The molecule has 0 bridgehead atoms. The van der Waals surface area contributed by atoms with E-state index in [9.17, 15) is 9.59 Å². The Bertz CT molecular complexity index is 1770. The number of rotatable bonds is 10. The highest BCUT2D eigenvalue weighted by Crippen LogP contribution is 2.45. The molecule has 1 aromatic carbocycles. The summed E-state index contributed by atoms with van der Waals surface area (Å²) in [5.74, 6) is 0.0258. The third kappa shape index (κ3) is 6.72. The quantitative estimate of drug-likeness (QED) is 0.184. The fourth-order valence-corrected chi connectivity index (χ4v) is 7.06. The zero-order valence-electron chi connectivity index (χ0n) is 27.9. The van der Waals surface area contributed by atoms with Crippen molar-refractivity contribution in [3.63, 3.8) is 0 Å². The number of halogens is 2. The standard InChI is InChI=1S/C36H42ClFN8O3/c1-4-7-24-31-25(17-43-33(24)44-23-18-45(19-23)35(48)28(39)10-6-13-40-3)34(47)46(21-36(31,2)26-8-5-9-27(37)32(26)38)30-12-11-22(16-42-30)29-20-49-15-14-41-29/h5-6,8-13,16-17,23,29,40-41H,4,7,14-15,18-21,39H2,1-3H3,(H,43,44)/b13-6-,28-10-/t29-,36+/m0/s1. The van der Waals surface area contributed by atoms with Crippen LogP contribution >= 0.6 is 11.6 Å². The van der Waals surface area contributed by atoms with Crippen LogP contribution in [0, 0.1) is 5.82 Å². The van der Waals surface area contributed by atoms with Gasteiger partial charge in [0.15, 0.2) is 0 Å². The lowest BCUT2D eigenvalue weighted by molar-refractivity contribution is -0.131. The second kappa shape index (κ2) is 14.5. The van der Waals surface area contributed by atoms with Crippen molar-refractivity contribution in [3.05, 3.63) is 105 Å². The first kappa shape index (κ1) is 34.3. The van der Waals surface area contributed by atoms with Gasteiger partial charge in [-0.25, -0.2) is 14.4 Å². The van der Waals surface area contributed by atoms with Gasteiger partial charge in [0, 0.05) is 56.6 Å². The molecule has 3 aliphatic rings. The lowest BCUT2D eigenvalue weighted by atomic mass is 9.69. The van der Waals surface area contributed by atoms with Crippen molar-refractivity contribution in [1.29, 1.82) is 0 Å². The normalized spacial score (nSPS) is 21.4. The number of hydrogen-bond donors (Lipinski definition) is 4. The van der Waals surface area contributed by atoms with Gasteiger partial charge in [0.2, 0.25) is 0 Å². The molecule has 2 amide bonds. The Labute approximate surface area is 290 Å². The molecule has 0 unspecified atom stereocenters. The van der Waals surface area contributed by atoms with Crippen LogP contribution in [0.1, 0.15) is 58.9 Å². The monoisotopic (exact) mass is 688 g/mol. The minimum atomic E-state index is -1.01. The van der Waals surface area contributed by atoms with E-state index in [1.54, 1.807) is 59.7 Å². The predicted molar refractivity (Wildman–Crippen MR) is 188 cm³/mol. The van der Waals surface area contributed by atoms with Gasteiger partial charge in [-0.3, -0.25) is 14.5 Å². The van der Waals surface area contributed by atoms with Crippen molar-refractivity contribution in [1.82, 2.24) is 25.5 Å². The molecular weight excluding hydrogens is 647 g/mol. The number of ether oxygens (including phenoxy) is 1. The summed E-state index contributed by atoms with van der Waals surface area (Å²) in [6.45, 7) is 6.95. The van der Waals surface area contributed by atoms with E-state index >= 15 is 4.39 Å². The predicted octanol–water partition coefficient (Wildman–Crippen LogP) is 4.05. The fourth-order valence-electron chi connectivity index (χ4n) is 6.88. The van der Waals surface area contributed by atoms with E-state index in [1.807, 2.05) is 19.1 Å². The Balaban J connectivity index is 1.35. The minimum absolute atomic E-state index is 0.00634. The second-order valence-corrected chi connectivity index (χ2v) is 13.2. The first-order valence-corrected chi connectivity index (χ1v) is 16.9. The lowest BCUT2D eigenvalue weighted by Crippen LogP contribution is -2.58. The number of anilines is 2. The Morgan fingerprint density at radius 2 is 2.06 bits per heavy atom. The van der Waals surface area contributed by atoms with Crippen molar-refractivity contribution in [2.75, 3.05) is 56.7 Å². The fraction of sp³-hybridized carbons (Fsp3) is 0.389. The third-order valence-electron chi connectivity index (χ3n) is 9.39. The Hall–Kier alpha value is -4.52. The molecule has 5 heterocycles. The number of nitrogens with one attached hydrogen (secondary N) is 3. The molecule has 0 radical (unpaired) electrons. The van der Waals surface area contributed by atoms with Crippen molar-refractivity contribution in [2.24, 2.45) is 5.73 Å².